The summed E-state index contributed by atoms with van der Waals surface area (Å²) in [4.78, 5) is 39.9. The molecule has 0 bridgehead atoms. The number of likely N-dealkylation sites (tertiary alicyclic amines) is 3. The first kappa shape index (κ1) is 18.3. The maximum atomic E-state index is 12.8. The van der Waals surface area contributed by atoms with Crippen LogP contribution in [-0.2, 0) is 4.79 Å². The molecule has 3 saturated heterocycles. The number of hydrogen-bond donors (Lipinski definition) is 0. The van der Waals surface area contributed by atoms with Crippen LogP contribution in [0.25, 0.3) is 0 Å². The van der Waals surface area contributed by atoms with Gasteiger partial charge in [-0.3, -0.25) is 9.59 Å². The summed E-state index contributed by atoms with van der Waals surface area (Å²) in [5.41, 5.74) is 1.51. The summed E-state index contributed by atoms with van der Waals surface area (Å²) in [6, 6.07) is 0.364. The van der Waals surface area contributed by atoms with E-state index in [2.05, 4.69) is 26.8 Å². The number of nitrogens with zero attached hydrogens (tertiary/aromatic N) is 5. The van der Waals surface area contributed by atoms with Crippen LogP contribution in [-0.4, -0.2) is 82.3 Å². The number of carbonyl (C=O) groups is 2. The van der Waals surface area contributed by atoms with Crippen LogP contribution in [0.15, 0.2) is 12.5 Å². The normalized spacial score (nSPS) is 26.0. The van der Waals surface area contributed by atoms with Gasteiger partial charge in [-0.05, 0) is 51.6 Å². The molecular weight excluding hydrogens is 342 g/mol. The highest BCUT2D eigenvalue weighted by Crippen LogP contribution is 2.41. The molecule has 7 heteroatoms. The van der Waals surface area contributed by atoms with Crippen molar-refractivity contribution in [2.75, 3.05) is 39.8 Å². The molecule has 146 valence electrons. The number of rotatable bonds is 2. The Kier molecular flexibility index (Phi) is 4.88. The minimum absolute atomic E-state index is 0.0316. The molecule has 1 atom stereocenters. The monoisotopic (exact) mass is 371 g/mol. The SMILES string of the molecule is Cc1ncncc1C(=O)N1CCC2(CCC(=O)N([C@H]3CCN(C)C3)C2)CC1. The van der Waals surface area contributed by atoms with E-state index in [9.17, 15) is 9.59 Å². The van der Waals surface area contributed by atoms with Gasteiger partial charge >= 0.3 is 0 Å². The number of hydrogen-bond acceptors (Lipinski definition) is 5. The van der Waals surface area contributed by atoms with Gasteiger partial charge in [0.15, 0.2) is 0 Å². The maximum absolute atomic E-state index is 12.8. The molecule has 0 N–H and O–H groups in total. The third kappa shape index (κ3) is 3.57. The van der Waals surface area contributed by atoms with E-state index in [0.717, 1.165) is 64.1 Å². The van der Waals surface area contributed by atoms with Crippen molar-refractivity contribution in [3.05, 3.63) is 23.8 Å². The third-order valence-electron chi connectivity index (χ3n) is 6.76. The van der Waals surface area contributed by atoms with E-state index >= 15 is 0 Å². The lowest BCUT2D eigenvalue weighted by Gasteiger charge is -2.49. The number of piperidine rings is 2. The van der Waals surface area contributed by atoms with Crippen LogP contribution in [0.4, 0.5) is 0 Å². The summed E-state index contributed by atoms with van der Waals surface area (Å²) in [5, 5.41) is 0. The Labute approximate surface area is 160 Å². The molecule has 1 aromatic rings. The third-order valence-corrected chi connectivity index (χ3v) is 6.76. The number of amides is 2. The van der Waals surface area contributed by atoms with Gasteiger partial charge in [-0.2, -0.15) is 0 Å². The lowest BCUT2D eigenvalue weighted by Crippen LogP contribution is -2.55. The Morgan fingerprint density at radius 1 is 1.22 bits per heavy atom. The second-order valence-corrected chi connectivity index (χ2v) is 8.54. The largest absolute Gasteiger partial charge is 0.339 e. The van der Waals surface area contributed by atoms with Crippen LogP contribution in [0.3, 0.4) is 0 Å². The highest BCUT2D eigenvalue weighted by atomic mass is 16.2. The van der Waals surface area contributed by atoms with Crippen LogP contribution < -0.4 is 0 Å². The van der Waals surface area contributed by atoms with E-state index in [1.165, 1.54) is 6.33 Å². The molecule has 4 rings (SSSR count). The highest BCUT2D eigenvalue weighted by molar-refractivity contribution is 5.95. The predicted octanol–water partition coefficient (Wildman–Crippen LogP) is 1.33. The fourth-order valence-electron chi connectivity index (χ4n) is 4.91. The summed E-state index contributed by atoms with van der Waals surface area (Å²) in [7, 11) is 2.13. The molecule has 0 saturated carbocycles. The van der Waals surface area contributed by atoms with E-state index in [1.807, 2.05) is 11.8 Å². The smallest absolute Gasteiger partial charge is 0.257 e. The second kappa shape index (κ2) is 7.19. The summed E-state index contributed by atoms with van der Waals surface area (Å²) >= 11 is 0. The van der Waals surface area contributed by atoms with Gasteiger partial charge < -0.3 is 14.7 Å². The van der Waals surface area contributed by atoms with Crippen molar-refractivity contribution in [2.24, 2.45) is 5.41 Å². The molecule has 2 amide bonds. The van der Waals surface area contributed by atoms with E-state index < -0.39 is 0 Å². The molecule has 1 spiro atoms. The van der Waals surface area contributed by atoms with E-state index in [-0.39, 0.29) is 11.3 Å². The molecule has 27 heavy (non-hydrogen) atoms. The van der Waals surface area contributed by atoms with Crippen LogP contribution >= 0.6 is 0 Å². The first-order chi connectivity index (χ1) is 13.0. The fraction of sp³-hybridized carbons (Fsp3) is 0.700. The van der Waals surface area contributed by atoms with Gasteiger partial charge in [0.25, 0.3) is 5.91 Å². The van der Waals surface area contributed by atoms with Crippen molar-refractivity contribution in [3.8, 4) is 0 Å². The average molecular weight is 371 g/mol. The number of aromatic nitrogens is 2. The van der Waals surface area contributed by atoms with Crippen molar-refractivity contribution >= 4 is 11.8 Å². The molecule has 1 aromatic heterocycles. The minimum atomic E-state index is 0.0316. The van der Waals surface area contributed by atoms with Crippen LogP contribution in [0.5, 0.6) is 0 Å². The first-order valence-corrected chi connectivity index (χ1v) is 10.0. The minimum Gasteiger partial charge on any atom is -0.339 e. The zero-order chi connectivity index (χ0) is 19.0. The van der Waals surface area contributed by atoms with Gasteiger partial charge in [0, 0.05) is 44.8 Å². The Hall–Kier alpha value is -2.02. The van der Waals surface area contributed by atoms with Crippen LogP contribution in [0, 0.1) is 12.3 Å². The molecule has 3 aliphatic heterocycles. The van der Waals surface area contributed by atoms with E-state index in [1.54, 1.807) is 6.20 Å². The van der Waals surface area contributed by atoms with Gasteiger partial charge in [-0.15, -0.1) is 0 Å². The molecule has 0 radical (unpaired) electrons. The molecule has 0 aromatic carbocycles. The number of likely N-dealkylation sites (N-methyl/N-ethyl adjacent to an activating group) is 1. The molecule has 3 fully saturated rings. The Balaban J connectivity index is 1.41. The van der Waals surface area contributed by atoms with E-state index in [0.29, 0.717) is 23.9 Å². The summed E-state index contributed by atoms with van der Waals surface area (Å²) in [6.45, 7) is 6.27. The fourth-order valence-corrected chi connectivity index (χ4v) is 4.91. The Bertz CT molecular complexity index is 729. The Morgan fingerprint density at radius 3 is 2.67 bits per heavy atom. The van der Waals surface area contributed by atoms with Gasteiger partial charge in [0.2, 0.25) is 5.91 Å². The van der Waals surface area contributed by atoms with Crippen molar-refractivity contribution in [3.63, 3.8) is 0 Å². The van der Waals surface area contributed by atoms with E-state index in [4.69, 9.17) is 0 Å². The average Bonchev–Trinajstić information content (AvgIpc) is 3.11. The number of carbonyl (C=O) groups excluding carboxylic acids is 2. The number of aryl methyl sites for hydroxylation is 1. The standard InChI is InChI=1S/C20H29N5O2/c1-15-17(11-21-14-22-15)19(27)24-9-6-20(7-10-24)5-3-18(26)25(13-20)16-4-8-23(2)12-16/h11,14,16H,3-10,12-13H2,1-2H3/t16-/m0/s1. The summed E-state index contributed by atoms with van der Waals surface area (Å²) in [6.07, 6.45) is 7.73. The van der Waals surface area contributed by atoms with Crippen LogP contribution in [0.1, 0.15) is 48.2 Å². The van der Waals surface area contributed by atoms with Crippen molar-refractivity contribution in [2.45, 2.75) is 45.1 Å². The zero-order valence-electron chi connectivity index (χ0n) is 16.4. The van der Waals surface area contributed by atoms with Crippen molar-refractivity contribution in [1.82, 2.24) is 24.7 Å². The van der Waals surface area contributed by atoms with Gasteiger partial charge in [0.05, 0.1) is 11.3 Å². The molecule has 0 unspecified atom stereocenters. The lowest BCUT2D eigenvalue weighted by molar-refractivity contribution is -0.141. The molecular formula is C20H29N5O2. The lowest BCUT2D eigenvalue weighted by atomic mass is 9.72. The predicted molar refractivity (Wildman–Crippen MR) is 101 cm³/mol. The second-order valence-electron chi connectivity index (χ2n) is 8.54. The molecule has 3 aliphatic rings. The van der Waals surface area contributed by atoms with Gasteiger partial charge in [-0.25, -0.2) is 9.97 Å². The molecule has 0 aliphatic carbocycles. The van der Waals surface area contributed by atoms with Crippen molar-refractivity contribution < 1.29 is 9.59 Å². The van der Waals surface area contributed by atoms with Crippen LogP contribution in [0.2, 0.25) is 0 Å². The van der Waals surface area contributed by atoms with Crippen molar-refractivity contribution in [1.29, 1.82) is 0 Å². The topological polar surface area (TPSA) is 69.6 Å². The maximum Gasteiger partial charge on any atom is 0.257 e. The first-order valence-electron chi connectivity index (χ1n) is 10.0. The molecule has 7 nitrogen and oxygen atoms in total. The van der Waals surface area contributed by atoms with Gasteiger partial charge in [0.1, 0.15) is 6.33 Å². The molecule has 4 heterocycles. The Morgan fingerprint density at radius 2 is 2.00 bits per heavy atom. The van der Waals surface area contributed by atoms with Gasteiger partial charge in [-0.1, -0.05) is 0 Å². The summed E-state index contributed by atoms with van der Waals surface area (Å²) in [5.74, 6) is 0.348. The highest BCUT2D eigenvalue weighted by Gasteiger charge is 2.44. The quantitative estimate of drug-likeness (QED) is 0.785. The summed E-state index contributed by atoms with van der Waals surface area (Å²) < 4.78 is 0. The zero-order valence-corrected chi connectivity index (χ0v) is 16.4.